The molecular weight excluding hydrogens is 1020 g/mol. The molecule has 20 heteroatoms. The third-order valence-electron chi connectivity index (χ3n) is 15.9. The van der Waals surface area contributed by atoms with Crippen LogP contribution in [0.2, 0.25) is 0 Å². The number of amides is 8. The molecule has 2 saturated heterocycles. The molecule has 2 aliphatic heterocycles. The minimum Gasteiger partial charge on any atom is -0.450 e. The highest BCUT2D eigenvalue weighted by atomic mass is 16.6. The average molecular weight is 1120 g/mol. The van der Waals surface area contributed by atoms with Crippen LogP contribution >= 0.6 is 0 Å². The first-order valence-electron chi connectivity index (χ1n) is 28.4. The first-order valence-corrected chi connectivity index (χ1v) is 28.4. The summed E-state index contributed by atoms with van der Waals surface area (Å²) in [7, 11) is 5.45. The normalized spacial score (nSPS) is 26.7. The molecule has 80 heavy (non-hydrogen) atoms. The van der Waals surface area contributed by atoms with E-state index in [2.05, 4.69) is 16.0 Å². The van der Waals surface area contributed by atoms with Crippen molar-refractivity contribution in [2.75, 3.05) is 34.7 Å². The number of nitrogens with one attached hydrogen (secondary N) is 3. The quantitative estimate of drug-likeness (QED) is 0.179. The number of carbonyl (C=O) groups excluding carboxylic acids is 9. The Kier molecular flexibility index (Phi) is 23.8. The predicted molar refractivity (Wildman–Crippen MR) is 303 cm³/mol. The van der Waals surface area contributed by atoms with Crippen molar-refractivity contribution in [3.05, 3.63) is 71.8 Å². The Labute approximate surface area is 474 Å². The third kappa shape index (κ3) is 15.9. The highest BCUT2D eigenvalue weighted by molar-refractivity contribution is 5.99. The number of benzene rings is 2. The van der Waals surface area contributed by atoms with E-state index in [4.69, 9.17) is 4.74 Å². The minimum atomic E-state index is -1.99. The lowest BCUT2D eigenvalue weighted by Crippen LogP contribution is -2.63. The molecule has 2 fully saturated rings. The van der Waals surface area contributed by atoms with Crippen LogP contribution < -0.4 is 16.0 Å². The van der Waals surface area contributed by atoms with Gasteiger partial charge < -0.3 is 55.4 Å². The highest BCUT2D eigenvalue weighted by Gasteiger charge is 2.49. The Bertz CT molecular complexity index is 2470. The Morgan fingerprint density at radius 2 is 1.09 bits per heavy atom. The molecule has 0 bridgehead atoms. The summed E-state index contributed by atoms with van der Waals surface area (Å²) in [6, 6.07) is 6.14. The van der Waals surface area contributed by atoms with Gasteiger partial charge in [-0.05, 0) is 74.3 Å². The number of fused-ring (bicyclic) bond motifs is 1. The summed E-state index contributed by atoms with van der Waals surface area (Å²) in [6.45, 7) is 20.3. The molecule has 8 amide bonds. The number of hydrogen-bond acceptors (Lipinski definition) is 12. The van der Waals surface area contributed by atoms with Gasteiger partial charge in [0.1, 0.15) is 48.4 Å². The second-order valence-corrected chi connectivity index (χ2v) is 23.8. The van der Waals surface area contributed by atoms with E-state index in [0.717, 1.165) is 14.7 Å². The number of carbonyl (C=O) groups is 9. The standard InChI is InChI=1S/C60H92N8O12/c1-17-37(9)44-56(75)64(13)45(35(5)6)52(71)61-41(32-34(3)4)55(74)67(16)50(60(11,12)79)59(78)80-49(38(10)18-2)58(77)65(14)46(36(7)8)53(72)62-42(33-39-26-21-19-22-27-39)54(73)66(15)47(48(69)40-28-23-20-24-29-40)57(76)68-31-25-30-43(68)51(70)63-44/h19-24,26-29,34-38,41-50,69,79H,17-18,25,30-33H2,1-16H3,(H,61,71)(H,62,72)(H,63,70)/t37-,38-,41-,42-,43-,44-,45-,46-,47-,48+,49+,50+/m0/s1. The van der Waals surface area contributed by atoms with Crippen LogP contribution in [0.4, 0.5) is 0 Å². The van der Waals surface area contributed by atoms with Crippen LogP contribution in [0.1, 0.15) is 132 Å². The highest BCUT2D eigenvalue weighted by Crippen LogP contribution is 2.30. The van der Waals surface area contributed by atoms with Gasteiger partial charge in [0.15, 0.2) is 12.1 Å². The molecule has 2 aromatic carbocycles. The molecule has 4 rings (SSSR count). The van der Waals surface area contributed by atoms with Gasteiger partial charge in [-0.2, -0.15) is 0 Å². The summed E-state index contributed by atoms with van der Waals surface area (Å²) in [6.07, 6.45) is -1.96. The third-order valence-corrected chi connectivity index (χ3v) is 15.9. The fourth-order valence-corrected chi connectivity index (χ4v) is 11.0. The maximum absolute atomic E-state index is 15.3. The average Bonchev–Trinajstić information content (AvgIpc) is 3.90. The zero-order valence-electron chi connectivity index (χ0n) is 50.1. The van der Waals surface area contributed by atoms with Gasteiger partial charge in [-0.25, -0.2) is 4.79 Å². The number of ether oxygens (including phenoxy) is 1. The van der Waals surface area contributed by atoms with Gasteiger partial charge in [0, 0.05) is 47.1 Å². The Morgan fingerprint density at radius 3 is 1.59 bits per heavy atom. The molecule has 5 N–H and O–H groups in total. The number of aliphatic hydroxyl groups excluding tert-OH is 1. The van der Waals surface area contributed by atoms with Gasteiger partial charge in [-0.15, -0.1) is 0 Å². The summed E-state index contributed by atoms with van der Waals surface area (Å²) in [4.78, 5) is 140. The van der Waals surface area contributed by atoms with Crippen LogP contribution in [-0.2, 0) is 54.3 Å². The number of rotatable bonds is 13. The molecule has 0 aliphatic carbocycles. The van der Waals surface area contributed by atoms with Gasteiger partial charge in [-0.3, -0.25) is 38.4 Å². The lowest BCUT2D eigenvalue weighted by Gasteiger charge is -2.39. The SMILES string of the molecule is CC[C@H](C)[C@@H]1NC(=O)[C@@H]2CCCN2C(=O)[C@H]([C@H](O)c2ccccc2)N(C)C(=O)[C@H](Cc2ccccc2)NC(=O)[C@H](C(C)C)N(C)C(=O)[C@@H]([C@@H](C)CC)OC(=O)[C@H](C(C)(C)O)N(C)C(=O)[C@H](CC(C)C)NC(=O)[C@H](C(C)C)N(C)C1=O. The van der Waals surface area contributed by atoms with Crippen LogP contribution in [0.15, 0.2) is 60.7 Å². The minimum absolute atomic E-state index is 0.0595. The number of aliphatic hydroxyl groups is 2. The molecular formula is C60H92N8O12. The molecule has 12 atom stereocenters. The molecule has 444 valence electrons. The first kappa shape index (κ1) is 66.1. The maximum Gasteiger partial charge on any atom is 0.332 e. The van der Waals surface area contributed by atoms with Crippen LogP contribution in [0, 0.1) is 29.6 Å². The largest absolute Gasteiger partial charge is 0.450 e. The van der Waals surface area contributed by atoms with Crippen LogP contribution in [0.25, 0.3) is 0 Å². The zero-order valence-corrected chi connectivity index (χ0v) is 50.1. The Morgan fingerprint density at radius 1 is 0.600 bits per heavy atom. The van der Waals surface area contributed by atoms with E-state index in [-0.39, 0.29) is 37.3 Å². The molecule has 0 saturated carbocycles. The molecule has 0 aromatic heterocycles. The lowest BCUT2D eigenvalue weighted by atomic mass is 9.93. The van der Waals surface area contributed by atoms with Crippen molar-refractivity contribution in [2.24, 2.45) is 29.6 Å². The van der Waals surface area contributed by atoms with Crippen molar-refractivity contribution >= 4 is 53.2 Å². The Balaban J connectivity index is 2.00. The van der Waals surface area contributed by atoms with Crippen molar-refractivity contribution < 1.29 is 58.1 Å². The first-order chi connectivity index (χ1) is 37.4. The summed E-state index contributed by atoms with van der Waals surface area (Å²) in [5.74, 6) is -9.51. The number of likely N-dealkylation sites (N-methyl/N-ethyl adjacent to an activating group) is 4. The van der Waals surface area contributed by atoms with Crippen LogP contribution in [0.3, 0.4) is 0 Å². The van der Waals surface area contributed by atoms with Crippen molar-refractivity contribution in [2.45, 2.75) is 188 Å². The molecule has 0 radical (unpaired) electrons. The van der Waals surface area contributed by atoms with Gasteiger partial charge in [0.25, 0.3) is 5.91 Å². The lowest BCUT2D eigenvalue weighted by molar-refractivity contribution is -0.177. The van der Waals surface area contributed by atoms with Crippen molar-refractivity contribution in [1.82, 2.24) is 40.4 Å². The Hall–Kier alpha value is -6.41. The molecule has 0 unspecified atom stereocenters. The van der Waals surface area contributed by atoms with Gasteiger partial charge in [0.2, 0.25) is 41.4 Å². The number of nitrogens with zero attached hydrogens (tertiary/aromatic N) is 5. The van der Waals surface area contributed by atoms with Gasteiger partial charge in [-0.1, -0.05) is 136 Å². The molecule has 2 heterocycles. The molecule has 2 aromatic rings. The molecule has 20 nitrogen and oxygen atoms in total. The summed E-state index contributed by atoms with van der Waals surface area (Å²) in [5, 5.41) is 32.6. The summed E-state index contributed by atoms with van der Waals surface area (Å²) in [5.41, 5.74) is -1.07. The second kappa shape index (κ2) is 28.8. The van der Waals surface area contributed by atoms with E-state index in [1.165, 1.54) is 51.8 Å². The number of hydrogen-bond donors (Lipinski definition) is 5. The maximum atomic E-state index is 15.3. The fraction of sp³-hybridized carbons (Fsp3) is 0.650. The smallest absolute Gasteiger partial charge is 0.332 e. The van der Waals surface area contributed by atoms with E-state index in [0.29, 0.717) is 24.8 Å². The molecule has 0 spiro atoms. The predicted octanol–water partition coefficient (Wildman–Crippen LogP) is 3.86. The van der Waals surface area contributed by atoms with Crippen molar-refractivity contribution in [3.63, 3.8) is 0 Å². The fourth-order valence-electron chi connectivity index (χ4n) is 11.0. The van der Waals surface area contributed by atoms with E-state index in [1.807, 2.05) is 20.8 Å². The number of cyclic esters (lactones) is 1. The van der Waals surface area contributed by atoms with E-state index in [9.17, 15) is 43.8 Å². The summed E-state index contributed by atoms with van der Waals surface area (Å²) >= 11 is 0. The van der Waals surface area contributed by atoms with Crippen LogP contribution in [0.5, 0.6) is 0 Å². The molecule has 2 aliphatic rings. The second-order valence-electron chi connectivity index (χ2n) is 23.8. The van der Waals surface area contributed by atoms with Gasteiger partial charge >= 0.3 is 5.97 Å². The monoisotopic (exact) mass is 1120 g/mol. The topological polar surface area (TPSA) is 256 Å². The van der Waals surface area contributed by atoms with E-state index in [1.54, 1.807) is 109 Å². The van der Waals surface area contributed by atoms with Crippen molar-refractivity contribution in [3.8, 4) is 0 Å². The van der Waals surface area contributed by atoms with Gasteiger partial charge in [0.05, 0.1) is 5.60 Å². The van der Waals surface area contributed by atoms with Crippen molar-refractivity contribution in [1.29, 1.82) is 0 Å². The van der Waals surface area contributed by atoms with E-state index >= 15 is 9.59 Å². The zero-order chi connectivity index (χ0) is 60.2. The number of esters is 1. The van der Waals surface area contributed by atoms with Crippen LogP contribution in [-0.4, -0.2) is 183 Å². The van der Waals surface area contributed by atoms with E-state index < -0.39 is 143 Å². The summed E-state index contributed by atoms with van der Waals surface area (Å²) < 4.78 is 6.08.